The van der Waals surface area contributed by atoms with Crippen LogP contribution in [-0.2, 0) is 4.74 Å². The second-order valence-electron chi connectivity index (χ2n) is 6.41. The number of carbonyl (C=O) groups excluding carboxylic acids is 1. The normalized spacial score (nSPS) is 14.1. The summed E-state index contributed by atoms with van der Waals surface area (Å²) in [5.41, 5.74) is 1.00. The van der Waals surface area contributed by atoms with Crippen LogP contribution in [0.25, 0.3) is 11.8 Å². The maximum atomic E-state index is 12.2. The molecule has 28 heavy (non-hydrogen) atoms. The van der Waals surface area contributed by atoms with Gasteiger partial charge in [-0.15, -0.1) is 0 Å². The van der Waals surface area contributed by atoms with E-state index in [0.717, 1.165) is 0 Å². The predicted molar refractivity (Wildman–Crippen MR) is 103 cm³/mol. The van der Waals surface area contributed by atoms with Crippen LogP contribution < -0.4 is 9.47 Å². The number of hydrogen-bond donors (Lipinski definition) is 0. The van der Waals surface area contributed by atoms with Gasteiger partial charge in [0.2, 0.25) is 0 Å². The van der Waals surface area contributed by atoms with E-state index in [-0.39, 0.29) is 17.0 Å². The molecule has 0 saturated carbocycles. The molecule has 0 spiro atoms. The molecule has 8 nitrogen and oxygen atoms in total. The summed E-state index contributed by atoms with van der Waals surface area (Å²) >= 11 is 0. The summed E-state index contributed by atoms with van der Waals surface area (Å²) in [4.78, 5) is 25.1. The van der Waals surface area contributed by atoms with Crippen LogP contribution in [0.3, 0.4) is 0 Å². The van der Waals surface area contributed by atoms with Crippen molar-refractivity contribution in [2.75, 3.05) is 34.4 Å². The molecule has 0 aliphatic carbocycles. The Labute approximate surface area is 162 Å². The summed E-state index contributed by atoms with van der Waals surface area (Å²) in [5, 5.41) is 11.4. The van der Waals surface area contributed by atoms with Gasteiger partial charge in [-0.05, 0) is 38.4 Å². The van der Waals surface area contributed by atoms with Gasteiger partial charge in [-0.2, -0.15) is 0 Å². The zero-order valence-electron chi connectivity index (χ0n) is 15.8. The lowest BCUT2D eigenvalue weighted by molar-refractivity contribution is -0.385. The lowest BCUT2D eigenvalue weighted by atomic mass is 10.0. The lowest BCUT2D eigenvalue weighted by Gasteiger charge is -2.11. The van der Waals surface area contributed by atoms with E-state index in [9.17, 15) is 14.9 Å². The van der Waals surface area contributed by atoms with E-state index in [1.807, 2.05) is 19.0 Å². The van der Waals surface area contributed by atoms with E-state index in [1.54, 1.807) is 30.3 Å². The Bertz CT molecular complexity index is 952. The lowest BCUT2D eigenvalue weighted by Crippen LogP contribution is -2.19. The molecule has 0 fully saturated rings. The number of nitro benzene ring substituents is 1. The van der Waals surface area contributed by atoms with Gasteiger partial charge in [-0.1, -0.05) is 12.1 Å². The fourth-order valence-corrected chi connectivity index (χ4v) is 2.82. The van der Waals surface area contributed by atoms with Crippen molar-refractivity contribution in [1.29, 1.82) is 0 Å². The van der Waals surface area contributed by atoms with Gasteiger partial charge in [-0.3, -0.25) is 10.1 Å². The van der Waals surface area contributed by atoms with Gasteiger partial charge in [0.1, 0.15) is 29.4 Å². The Morgan fingerprint density at radius 2 is 2.04 bits per heavy atom. The van der Waals surface area contributed by atoms with Crippen molar-refractivity contribution in [3.8, 4) is 11.5 Å². The second-order valence-corrected chi connectivity index (χ2v) is 6.41. The molecule has 0 unspecified atom stereocenters. The van der Waals surface area contributed by atoms with Crippen molar-refractivity contribution < 1.29 is 23.9 Å². The quantitative estimate of drug-likeness (QED) is 0.411. The topological polar surface area (TPSA) is 91.1 Å². The van der Waals surface area contributed by atoms with E-state index in [0.29, 0.717) is 35.8 Å². The number of esters is 1. The highest BCUT2D eigenvalue weighted by Gasteiger charge is 2.30. The highest BCUT2D eigenvalue weighted by molar-refractivity contribution is 6.08. The van der Waals surface area contributed by atoms with Gasteiger partial charge in [-0.25, -0.2) is 4.79 Å². The average Bonchev–Trinajstić information content (AvgIpc) is 2.97. The molecule has 8 heteroatoms. The molecule has 0 bridgehead atoms. The Kier molecular flexibility index (Phi) is 5.60. The Morgan fingerprint density at radius 1 is 1.25 bits per heavy atom. The van der Waals surface area contributed by atoms with Gasteiger partial charge >= 0.3 is 5.97 Å². The van der Waals surface area contributed by atoms with Gasteiger partial charge in [0.05, 0.1) is 17.6 Å². The number of hydrogen-bond acceptors (Lipinski definition) is 7. The fraction of sp³-hybridized carbons (Fsp3) is 0.250. The summed E-state index contributed by atoms with van der Waals surface area (Å²) < 4.78 is 16.2. The first-order valence-electron chi connectivity index (χ1n) is 8.58. The molecule has 0 aromatic heterocycles. The van der Waals surface area contributed by atoms with Gasteiger partial charge < -0.3 is 19.1 Å². The zero-order chi connectivity index (χ0) is 20.3. The molecule has 1 heterocycles. The zero-order valence-corrected chi connectivity index (χ0v) is 15.8. The van der Waals surface area contributed by atoms with Crippen LogP contribution in [0.5, 0.6) is 11.5 Å². The summed E-state index contributed by atoms with van der Waals surface area (Å²) in [6.07, 6.45) is 1.47. The number of fused-ring (bicyclic) bond motifs is 1. The van der Waals surface area contributed by atoms with Crippen LogP contribution in [0, 0.1) is 10.1 Å². The molecule has 0 N–H and O–H groups in total. The van der Waals surface area contributed by atoms with Crippen molar-refractivity contribution in [3.63, 3.8) is 0 Å². The number of benzene rings is 2. The third-order valence-corrected chi connectivity index (χ3v) is 4.21. The molecule has 2 aromatic carbocycles. The summed E-state index contributed by atoms with van der Waals surface area (Å²) in [7, 11) is 5.31. The highest BCUT2D eigenvalue weighted by atomic mass is 16.6. The van der Waals surface area contributed by atoms with E-state index < -0.39 is 10.9 Å². The smallest absolute Gasteiger partial charge is 0.348 e. The minimum absolute atomic E-state index is 0.111. The third-order valence-electron chi connectivity index (χ3n) is 4.21. The number of rotatable bonds is 7. The predicted octanol–water partition coefficient (Wildman–Crippen LogP) is 3.21. The summed E-state index contributed by atoms with van der Waals surface area (Å²) in [5.74, 6) is 0.558. The Balaban J connectivity index is 1.99. The second kappa shape index (κ2) is 8.10. The number of likely N-dealkylation sites (N-methyl/N-ethyl adjacent to an activating group) is 1. The Morgan fingerprint density at radius 3 is 2.71 bits per heavy atom. The van der Waals surface area contributed by atoms with E-state index >= 15 is 0 Å². The van der Waals surface area contributed by atoms with Gasteiger partial charge in [0.25, 0.3) is 5.69 Å². The average molecular weight is 384 g/mol. The molecule has 1 aliphatic heterocycles. The molecule has 3 rings (SSSR count). The fourth-order valence-electron chi connectivity index (χ4n) is 2.82. The Hall–Kier alpha value is -3.39. The first-order valence-corrected chi connectivity index (χ1v) is 8.58. The number of nitrogens with zero attached hydrogens (tertiary/aromatic N) is 2. The maximum Gasteiger partial charge on any atom is 0.348 e. The molecule has 0 radical (unpaired) electrons. The van der Waals surface area contributed by atoms with Crippen LogP contribution in [0.1, 0.15) is 21.5 Å². The molecule has 146 valence electrons. The standard InChI is InChI=1S/C20H20N2O6/c1-21(2)9-10-27-14-7-8-16(22(24)25)13(11-14)12-18-15-5-4-6-17(26-3)19(15)20(23)28-18/h4-8,11-12H,9-10H2,1-3H3/b18-12+. The third kappa shape index (κ3) is 3.96. The minimum atomic E-state index is -0.556. The number of ether oxygens (including phenoxy) is 3. The van der Waals surface area contributed by atoms with Crippen molar-refractivity contribution in [2.24, 2.45) is 0 Å². The molecule has 0 saturated heterocycles. The number of methoxy groups -OCH3 is 1. The first-order chi connectivity index (χ1) is 13.4. The van der Waals surface area contributed by atoms with E-state index in [4.69, 9.17) is 14.2 Å². The number of nitro groups is 1. The molecular formula is C20H20N2O6. The van der Waals surface area contributed by atoms with Crippen molar-refractivity contribution >= 4 is 23.5 Å². The summed E-state index contributed by atoms with van der Waals surface area (Å²) in [6.45, 7) is 1.15. The SMILES string of the molecule is COc1cccc2c1C(=O)O/C2=C/c1cc(OCCN(C)C)ccc1[N+](=O)[O-]. The van der Waals surface area contributed by atoms with Gasteiger partial charge in [0, 0.05) is 18.2 Å². The van der Waals surface area contributed by atoms with E-state index in [2.05, 4.69) is 0 Å². The number of carbonyl (C=O) groups is 1. The van der Waals surface area contributed by atoms with Crippen LogP contribution in [0.2, 0.25) is 0 Å². The van der Waals surface area contributed by atoms with Gasteiger partial charge in [0.15, 0.2) is 0 Å². The first kappa shape index (κ1) is 19.4. The van der Waals surface area contributed by atoms with E-state index in [1.165, 1.54) is 19.3 Å². The maximum absolute atomic E-state index is 12.2. The van der Waals surface area contributed by atoms with Crippen LogP contribution >= 0.6 is 0 Å². The number of cyclic esters (lactones) is 1. The molecular weight excluding hydrogens is 364 g/mol. The van der Waals surface area contributed by atoms with Crippen LogP contribution in [0.15, 0.2) is 36.4 Å². The molecule has 1 aliphatic rings. The van der Waals surface area contributed by atoms with Crippen LogP contribution in [0.4, 0.5) is 5.69 Å². The molecule has 0 atom stereocenters. The molecule has 0 amide bonds. The van der Waals surface area contributed by atoms with Crippen molar-refractivity contribution in [2.45, 2.75) is 0 Å². The van der Waals surface area contributed by atoms with Crippen molar-refractivity contribution in [1.82, 2.24) is 4.90 Å². The monoisotopic (exact) mass is 384 g/mol. The summed E-state index contributed by atoms with van der Waals surface area (Å²) in [6, 6.07) is 9.58. The van der Waals surface area contributed by atoms with Crippen LogP contribution in [-0.4, -0.2) is 50.1 Å². The highest BCUT2D eigenvalue weighted by Crippen LogP contribution is 2.38. The minimum Gasteiger partial charge on any atom is -0.496 e. The van der Waals surface area contributed by atoms with Crippen molar-refractivity contribution in [3.05, 3.63) is 63.2 Å². The largest absolute Gasteiger partial charge is 0.496 e. The molecule has 2 aromatic rings.